The molecule has 2 aromatic rings. The molecule has 0 saturated heterocycles. The van der Waals surface area contributed by atoms with Crippen molar-refractivity contribution in [2.45, 2.75) is 37.9 Å². The Kier molecular flexibility index (Phi) is 3.79. The highest BCUT2D eigenvalue weighted by molar-refractivity contribution is 5.09. The Morgan fingerprint density at radius 3 is 2.90 bits per heavy atom. The Hall–Kier alpha value is -1.73. The summed E-state index contributed by atoms with van der Waals surface area (Å²) in [6.07, 6.45) is 7.47. The van der Waals surface area contributed by atoms with E-state index in [9.17, 15) is 0 Å². The number of hydrogen-bond acceptors (Lipinski definition) is 5. The minimum absolute atomic E-state index is 0.310. The molecule has 2 heterocycles. The fourth-order valence-electron chi connectivity index (χ4n) is 2.61. The first-order valence-electron chi connectivity index (χ1n) is 6.90. The van der Waals surface area contributed by atoms with Gasteiger partial charge in [0.2, 0.25) is 0 Å². The molecule has 1 aliphatic carbocycles. The lowest BCUT2D eigenvalue weighted by Crippen LogP contribution is -2.36. The average molecular weight is 276 g/mol. The Morgan fingerprint density at radius 2 is 2.25 bits per heavy atom. The van der Waals surface area contributed by atoms with Crippen LogP contribution in [0.3, 0.4) is 0 Å². The van der Waals surface area contributed by atoms with Crippen LogP contribution in [0.25, 0.3) is 0 Å². The summed E-state index contributed by atoms with van der Waals surface area (Å²) in [5.41, 5.74) is 5.88. The van der Waals surface area contributed by atoms with Crippen LogP contribution in [-0.2, 0) is 17.8 Å². The molecular weight excluding hydrogens is 256 g/mol. The van der Waals surface area contributed by atoms with Gasteiger partial charge < -0.3 is 19.6 Å². The third-order valence-corrected chi connectivity index (χ3v) is 3.80. The van der Waals surface area contributed by atoms with Crippen molar-refractivity contribution in [3.63, 3.8) is 0 Å². The van der Waals surface area contributed by atoms with Gasteiger partial charge >= 0.3 is 0 Å². The molecule has 0 bridgehead atoms. The van der Waals surface area contributed by atoms with E-state index in [0.29, 0.717) is 25.1 Å². The smallest absolute Gasteiger partial charge is 0.153 e. The maximum atomic E-state index is 5.88. The van der Waals surface area contributed by atoms with Gasteiger partial charge in [-0.05, 0) is 12.8 Å². The van der Waals surface area contributed by atoms with E-state index in [0.717, 1.165) is 31.0 Å². The van der Waals surface area contributed by atoms with Crippen LogP contribution >= 0.6 is 0 Å². The second-order valence-electron chi connectivity index (χ2n) is 5.28. The summed E-state index contributed by atoms with van der Waals surface area (Å²) in [4.78, 5) is 4.05. The SMILES string of the molecule is COCCn1c(Cn2ccnc2)nnc1C1CC(N)C1. The Labute approximate surface area is 117 Å². The van der Waals surface area contributed by atoms with Gasteiger partial charge in [0.15, 0.2) is 5.82 Å². The molecule has 108 valence electrons. The van der Waals surface area contributed by atoms with Gasteiger partial charge in [0, 0.05) is 38.0 Å². The summed E-state index contributed by atoms with van der Waals surface area (Å²) >= 11 is 0. The molecular formula is C13H20N6O. The zero-order valence-electron chi connectivity index (χ0n) is 11.6. The van der Waals surface area contributed by atoms with Gasteiger partial charge in [-0.15, -0.1) is 10.2 Å². The molecule has 0 aliphatic heterocycles. The number of hydrogen-bond donors (Lipinski definition) is 1. The summed E-state index contributed by atoms with van der Waals surface area (Å²) in [6, 6.07) is 0.310. The second-order valence-corrected chi connectivity index (χ2v) is 5.28. The first-order valence-corrected chi connectivity index (χ1v) is 6.90. The fourth-order valence-corrected chi connectivity index (χ4v) is 2.61. The number of methoxy groups -OCH3 is 1. The summed E-state index contributed by atoms with van der Waals surface area (Å²) < 4.78 is 9.35. The molecule has 1 aliphatic rings. The number of ether oxygens (including phenoxy) is 1. The first kappa shape index (κ1) is 13.3. The highest BCUT2D eigenvalue weighted by Gasteiger charge is 2.32. The maximum Gasteiger partial charge on any atom is 0.153 e. The van der Waals surface area contributed by atoms with Crippen LogP contribution in [-0.4, -0.2) is 44.1 Å². The molecule has 0 spiro atoms. The molecule has 7 nitrogen and oxygen atoms in total. The molecule has 3 rings (SSSR count). The molecule has 0 aromatic carbocycles. The van der Waals surface area contributed by atoms with Crippen LogP contribution in [0.1, 0.15) is 30.4 Å². The molecule has 20 heavy (non-hydrogen) atoms. The van der Waals surface area contributed by atoms with Crippen LogP contribution in [0.4, 0.5) is 0 Å². The zero-order chi connectivity index (χ0) is 13.9. The lowest BCUT2D eigenvalue weighted by Gasteiger charge is -2.31. The molecule has 0 radical (unpaired) electrons. The van der Waals surface area contributed by atoms with E-state index in [2.05, 4.69) is 19.7 Å². The number of rotatable bonds is 6. The number of aromatic nitrogens is 5. The van der Waals surface area contributed by atoms with Gasteiger partial charge in [-0.3, -0.25) is 0 Å². The normalized spacial score (nSPS) is 21.9. The summed E-state index contributed by atoms with van der Waals surface area (Å²) in [5.74, 6) is 2.42. The lowest BCUT2D eigenvalue weighted by atomic mass is 9.80. The third-order valence-electron chi connectivity index (χ3n) is 3.80. The molecule has 2 N–H and O–H groups in total. The Morgan fingerprint density at radius 1 is 1.40 bits per heavy atom. The monoisotopic (exact) mass is 276 g/mol. The number of nitrogens with zero attached hydrogens (tertiary/aromatic N) is 5. The van der Waals surface area contributed by atoms with Crippen LogP contribution in [0.5, 0.6) is 0 Å². The first-order chi connectivity index (χ1) is 9.78. The van der Waals surface area contributed by atoms with Crippen molar-refractivity contribution in [3.8, 4) is 0 Å². The highest BCUT2D eigenvalue weighted by atomic mass is 16.5. The fraction of sp³-hybridized carbons (Fsp3) is 0.615. The average Bonchev–Trinajstić information content (AvgIpc) is 3.03. The minimum atomic E-state index is 0.310. The molecule has 2 aromatic heterocycles. The molecule has 0 atom stereocenters. The highest BCUT2D eigenvalue weighted by Crippen LogP contribution is 2.34. The summed E-state index contributed by atoms with van der Waals surface area (Å²) in [7, 11) is 1.71. The van der Waals surface area contributed by atoms with E-state index < -0.39 is 0 Å². The predicted molar refractivity (Wildman–Crippen MR) is 73.2 cm³/mol. The quantitative estimate of drug-likeness (QED) is 0.824. The molecule has 1 fully saturated rings. The maximum absolute atomic E-state index is 5.88. The van der Waals surface area contributed by atoms with Gasteiger partial charge in [0.1, 0.15) is 5.82 Å². The van der Waals surface area contributed by atoms with Crippen LogP contribution in [0.15, 0.2) is 18.7 Å². The van der Waals surface area contributed by atoms with E-state index >= 15 is 0 Å². The van der Waals surface area contributed by atoms with Gasteiger partial charge in [-0.1, -0.05) is 0 Å². The van der Waals surface area contributed by atoms with Gasteiger partial charge in [0.25, 0.3) is 0 Å². The standard InChI is InChI=1S/C13H20N6O/c1-20-5-4-19-12(8-18-3-2-15-9-18)16-17-13(19)10-6-11(14)7-10/h2-3,9-11H,4-8,14H2,1H3. The van der Waals surface area contributed by atoms with Gasteiger partial charge in [0.05, 0.1) is 19.5 Å². The van der Waals surface area contributed by atoms with Crippen molar-refractivity contribution in [1.29, 1.82) is 0 Å². The number of imidazole rings is 1. The molecule has 0 amide bonds. The summed E-state index contributed by atoms with van der Waals surface area (Å²) in [6.45, 7) is 2.10. The summed E-state index contributed by atoms with van der Waals surface area (Å²) in [5, 5.41) is 8.71. The zero-order valence-corrected chi connectivity index (χ0v) is 11.6. The van der Waals surface area contributed by atoms with E-state index in [1.807, 2.05) is 10.8 Å². The lowest BCUT2D eigenvalue weighted by molar-refractivity contribution is 0.183. The largest absolute Gasteiger partial charge is 0.383 e. The van der Waals surface area contributed by atoms with E-state index in [1.165, 1.54) is 0 Å². The van der Waals surface area contributed by atoms with Crippen LogP contribution in [0.2, 0.25) is 0 Å². The molecule has 0 unspecified atom stereocenters. The van der Waals surface area contributed by atoms with Crippen LogP contribution in [0, 0.1) is 0 Å². The molecule has 1 saturated carbocycles. The molecule has 7 heteroatoms. The van der Waals surface area contributed by atoms with Gasteiger partial charge in [-0.2, -0.15) is 0 Å². The number of nitrogens with two attached hydrogens (primary N) is 1. The van der Waals surface area contributed by atoms with E-state index in [1.54, 1.807) is 19.6 Å². The van der Waals surface area contributed by atoms with Crippen molar-refractivity contribution in [3.05, 3.63) is 30.4 Å². The van der Waals surface area contributed by atoms with Crippen molar-refractivity contribution in [2.24, 2.45) is 5.73 Å². The third kappa shape index (κ3) is 2.59. The Bertz CT molecular complexity index is 543. The minimum Gasteiger partial charge on any atom is -0.383 e. The van der Waals surface area contributed by atoms with Crippen LogP contribution < -0.4 is 5.73 Å². The van der Waals surface area contributed by atoms with Crippen molar-refractivity contribution < 1.29 is 4.74 Å². The van der Waals surface area contributed by atoms with E-state index in [-0.39, 0.29) is 0 Å². The van der Waals surface area contributed by atoms with E-state index in [4.69, 9.17) is 10.5 Å². The topological polar surface area (TPSA) is 83.8 Å². The van der Waals surface area contributed by atoms with Crippen molar-refractivity contribution >= 4 is 0 Å². The second kappa shape index (κ2) is 5.72. The van der Waals surface area contributed by atoms with Crippen molar-refractivity contribution in [1.82, 2.24) is 24.3 Å². The predicted octanol–water partition coefficient (Wildman–Crippen LogP) is 0.374. The van der Waals surface area contributed by atoms with Crippen molar-refractivity contribution in [2.75, 3.05) is 13.7 Å². The van der Waals surface area contributed by atoms with Gasteiger partial charge in [-0.25, -0.2) is 4.98 Å². The Balaban J connectivity index is 1.81.